The lowest BCUT2D eigenvalue weighted by Crippen LogP contribution is -2.49. The van der Waals surface area contributed by atoms with Crippen LogP contribution in [0.1, 0.15) is 39.0 Å². The van der Waals surface area contributed by atoms with E-state index in [1.165, 1.54) is 0 Å². The van der Waals surface area contributed by atoms with Crippen LogP contribution in [0.25, 0.3) is 0 Å². The zero-order chi connectivity index (χ0) is 13.1. The maximum Gasteiger partial charge on any atom is 0.245 e. The summed E-state index contributed by atoms with van der Waals surface area (Å²) in [5.74, 6) is 0.0139. The molecule has 0 aromatic heterocycles. The molecule has 3 unspecified atom stereocenters. The van der Waals surface area contributed by atoms with Crippen molar-refractivity contribution in [3.63, 3.8) is 0 Å². The number of ether oxygens (including phenoxy) is 1. The Hall–Kier alpha value is -1.10. The van der Waals surface area contributed by atoms with Gasteiger partial charge in [-0.25, -0.2) is 0 Å². The van der Waals surface area contributed by atoms with Crippen LogP contribution in [0.2, 0.25) is 0 Å². The number of amides is 2. The highest BCUT2D eigenvalue weighted by molar-refractivity contribution is 5.89. The van der Waals surface area contributed by atoms with Crippen molar-refractivity contribution in [2.75, 3.05) is 13.7 Å². The molecule has 1 saturated heterocycles. The molecule has 102 valence electrons. The Kier molecular flexibility index (Phi) is 4.22. The molecular formula is C13H22N2O3. The van der Waals surface area contributed by atoms with Gasteiger partial charge in [0.15, 0.2) is 0 Å². The third-order valence-electron chi connectivity index (χ3n) is 3.98. The van der Waals surface area contributed by atoms with Crippen molar-refractivity contribution < 1.29 is 14.3 Å². The van der Waals surface area contributed by atoms with Crippen LogP contribution in [-0.4, -0.2) is 48.6 Å². The summed E-state index contributed by atoms with van der Waals surface area (Å²) in [5, 5.41) is 2.72. The van der Waals surface area contributed by atoms with Gasteiger partial charge in [-0.05, 0) is 32.6 Å². The predicted molar refractivity (Wildman–Crippen MR) is 67.0 cm³/mol. The lowest BCUT2D eigenvalue weighted by Gasteiger charge is -2.37. The molecule has 1 saturated carbocycles. The second-order valence-electron chi connectivity index (χ2n) is 5.25. The van der Waals surface area contributed by atoms with Crippen LogP contribution < -0.4 is 5.32 Å². The quantitative estimate of drug-likeness (QED) is 0.788. The van der Waals surface area contributed by atoms with Gasteiger partial charge in [-0.1, -0.05) is 0 Å². The van der Waals surface area contributed by atoms with E-state index in [2.05, 4.69) is 5.32 Å². The smallest absolute Gasteiger partial charge is 0.245 e. The SMILES string of the molecule is COC1CCCC(N2CCC(=O)NC(C)C2=O)C1. The molecule has 0 aromatic carbocycles. The molecule has 1 N–H and O–H groups in total. The molecule has 0 aromatic rings. The minimum Gasteiger partial charge on any atom is -0.381 e. The van der Waals surface area contributed by atoms with Crippen molar-refractivity contribution in [1.82, 2.24) is 10.2 Å². The molecule has 5 heteroatoms. The summed E-state index contributed by atoms with van der Waals surface area (Å²) in [4.78, 5) is 25.6. The lowest BCUT2D eigenvalue weighted by molar-refractivity contribution is -0.136. The van der Waals surface area contributed by atoms with E-state index in [4.69, 9.17) is 4.74 Å². The summed E-state index contributed by atoms with van der Waals surface area (Å²) >= 11 is 0. The summed E-state index contributed by atoms with van der Waals surface area (Å²) in [7, 11) is 1.73. The molecule has 2 rings (SSSR count). The van der Waals surface area contributed by atoms with Gasteiger partial charge in [-0.3, -0.25) is 9.59 Å². The highest BCUT2D eigenvalue weighted by Crippen LogP contribution is 2.26. The van der Waals surface area contributed by atoms with Gasteiger partial charge < -0.3 is 15.0 Å². The van der Waals surface area contributed by atoms with Crippen molar-refractivity contribution in [3.8, 4) is 0 Å². The fourth-order valence-corrected chi connectivity index (χ4v) is 2.94. The van der Waals surface area contributed by atoms with E-state index in [0.717, 1.165) is 25.7 Å². The molecule has 1 aliphatic carbocycles. The van der Waals surface area contributed by atoms with Crippen LogP contribution >= 0.6 is 0 Å². The monoisotopic (exact) mass is 254 g/mol. The largest absolute Gasteiger partial charge is 0.381 e. The average molecular weight is 254 g/mol. The number of methoxy groups -OCH3 is 1. The predicted octanol–water partition coefficient (Wildman–Crippen LogP) is 0.681. The van der Waals surface area contributed by atoms with Crippen molar-refractivity contribution in [1.29, 1.82) is 0 Å². The molecule has 0 spiro atoms. The highest BCUT2D eigenvalue weighted by Gasteiger charge is 2.34. The van der Waals surface area contributed by atoms with E-state index < -0.39 is 6.04 Å². The number of nitrogens with one attached hydrogen (secondary N) is 1. The first-order valence-corrected chi connectivity index (χ1v) is 6.74. The van der Waals surface area contributed by atoms with E-state index >= 15 is 0 Å². The van der Waals surface area contributed by atoms with Gasteiger partial charge in [0.25, 0.3) is 0 Å². The lowest BCUT2D eigenvalue weighted by atomic mass is 9.91. The molecule has 2 fully saturated rings. The summed E-state index contributed by atoms with van der Waals surface area (Å²) in [5.41, 5.74) is 0. The first kappa shape index (κ1) is 13.3. The molecule has 5 nitrogen and oxygen atoms in total. The Bertz CT molecular complexity index is 332. The molecule has 0 bridgehead atoms. The van der Waals surface area contributed by atoms with E-state index in [9.17, 15) is 9.59 Å². The molecule has 2 amide bonds. The Labute approximate surface area is 108 Å². The second-order valence-corrected chi connectivity index (χ2v) is 5.25. The normalized spacial score (nSPS) is 34.1. The standard InChI is InChI=1S/C13H22N2O3/c1-9-13(17)15(7-6-12(16)14-9)10-4-3-5-11(8-10)18-2/h9-11H,3-8H2,1-2H3,(H,14,16). The van der Waals surface area contributed by atoms with Crippen LogP contribution in [0, 0.1) is 0 Å². The Balaban J connectivity index is 2.05. The molecule has 3 atom stereocenters. The molecule has 0 radical (unpaired) electrons. The molecule has 1 aliphatic heterocycles. The van der Waals surface area contributed by atoms with Crippen LogP contribution in [0.4, 0.5) is 0 Å². The van der Waals surface area contributed by atoms with E-state index in [1.807, 2.05) is 4.90 Å². The Morgan fingerprint density at radius 1 is 1.33 bits per heavy atom. The van der Waals surface area contributed by atoms with E-state index in [-0.39, 0.29) is 24.0 Å². The molecule has 1 heterocycles. The van der Waals surface area contributed by atoms with Crippen molar-refractivity contribution >= 4 is 11.8 Å². The number of hydrogen-bond acceptors (Lipinski definition) is 3. The highest BCUT2D eigenvalue weighted by atomic mass is 16.5. The maximum atomic E-state index is 12.3. The third-order valence-corrected chi connectivity index (χ3v) is 3.98. The number of rotatable bonds is 2. The van der Waals surface area contributed by atoms with Gasteiger partial charge in [0, 0.05) is 26.1 Å². The van der Waals surface area contributed by atoms with Gasteiger partial charge in [0.05, 0.1) is 6.10 Å². The second kappa shape index (κ2) is 5.69. The van der Waals surface area contributed by atoms with Gasteiger partial charge in [0.1, 0.15) is 6.04 Å². The zero-order valence-corrected chi connectivity index (χ0v) is 11.1. The van der Waals surface area contributed by atoms with Gasteiger partial charge >= 0.3 is 0 Å². The fourth-order valence-electron chi connectivity index (χ4n) is 2.94. The summed E-state index contributed by atoms with van der Waals surface area (Å²) < 4.78 is 5.41. The molecular weight excluding hydrogens is 232 g/mol. The van der Waals surface area contributed by atoms with E-state index in [0.29, 0.717) is 13.0 Å². The van der Waals surface area contributed by atoms with Crippen molar-refractivity contribution in [2.45, 2.75) is 57.2 Å². The fraction of sp³-hybridized carbons (Fsp3) is 0.846. The van der Waals surface area contributed by atoms with Crippen LogP contribution in [0.15, 0.2) is 0 Å². The van der Waals surface area contributed by atoms with Gasteiger partial charge in [-0.2, -0.15) is 0 Å². The average Bonchev–Trinajstić information content (AvgIpc) is 2.50. The molecule has 2 aliphatic rings. The minimum absolute atomic E-state index is 0.0301. The van der Waals surface area contributed by atoms with Crippen LogP contribution in [0.5, 0.6) is 0 Å². The number of carbonyl (C=O) groups is 2. The number of carbonyl (C=O) groups excluding carboxylic acids is 2. The Morgan fingerprint density at radius 2 is 2.11 bits per heavy atom. The van der Waals surface area contributed by atoms with Crippen LogP contribution in [0.3, 0.4) is 0 Å². The third kappa shape index (κ3) is 2.83. The first-order valence-electron chi connectivity index (χ1n) is 6.74. The first-order chi connectivity index (χ1) is 8.61. The Morgan fingerprint density at radius 3 is 2.83 bits per heavy atom. The van der Waals surface area contributed by atoms with Crippen molar-refractivity contribution in [2.24, 2.45) is 0 Å². The van der Waals surface area contributed by atoms with Crippen molar-refractivity contribution in [3.05, 3.63) is 0 Å². The minimum atomic E-state index is -0.400. The zero-order valence-electron chi connectivity index (χ0n) is 11.1. The summed E-state index contributed by atoms with van der Waals surface area (Å²) in [6, 6.07) is -0.172. The molecule has 18 heavy (non-hydrogen) atoms. The number of nitrogens with zero attached hydrogens (tertiary/aromatic N) is 1. The summed E-state index contributed by atoms with van der Waals surface area (Å²) in [6.07, 6.45) is 4.73. The topological polar surface area (TPSA) is 58.6 Å². The van der Waals surface area contributed by atoms with Crippen LogP contribution in [-0.2, 0) is 14.3 Å². The van der Waals surface area contributed by atoms with Gasteiger partial charge in [-0.15, -0.1) is 0 Å². The van der Waals surface area contributed by atoms with Gasteiger partial charge in [0.2, 0.25) is 11.8 Å². The maximum absolute atomic E-state index is 12.3. The van der Waals surface area contributed by atoms with E-state index in [1.54, 1.807) is 14.0 Å². The number of hydrogen-bond donors (Lipinski definition) is 1. The summed E-state index contributed by atoms with van der Waals surface area (Å²) in [6.45, 7) is 2.30.